The Kier molecular flexibility index (Phi) is 4.26. The third-order valence-electron chi connectivity index (χ3n) is 4.23. The molecular weight excluding hydrogens is 214 g/mol. The zero-order chi connectivity index (χ0) is 12.3. The van der Waals surface area contributed by atoms with Crippen molar-refractivity contribution < 1.29 is 4.79 Å². The largest absolute Gasteiger partial charge is 0.341 e. The number of nitrogens with one attached hydrogen (secondary N) is 2. The predicted octanol–water partition coefficient (Wildman–Crippen LogP) is 1.43. The molecule has 0 aromatic carbocycles. The van der Waals surface area contributed by atoms with E-state index >= 15 is 0 Å². The average molecular weight is 239 g/mol. The summed E-state index contributed by atoms with van der Waals surface area (Å²) in [6.07, 6.45) is 5.01. The minimum Gasteiger partial charge on any atom is -0.341 e. The highest BCUT2D eigenvalue weighted by Crippen LogP contribution is 2.26. The molecule has 17 heavy (non-hydrogen) atoms. The van der Waals surface area contributed by atoms with E-state index in [1.54, 1.807) is 7.05 Å². The standard InChI is InChI=1S/C13H25N3O/c1-10-5-6-12(15-8-10)11-4-3-7-16(9-11)13(17)14-2/h10-12,15H,3-9H2,1-2H3,(H,14,17)/t10-,11?,12+/m0/s1. The highest BCUT2D eigenvalue weighted by molar-refractivity contribution is 5.73. The predicted molar refractivity (Wildman–Crippen MR) is 68.9 cm³/mol. The monoisotopic (exact) mass is 239 g/mol. The zero-order valence-electron chi connectivity index (χ0n) is 11.0. The minimum atomic E-state index is 0.0823. The van der Waals surface area contributed by atoms with Gasteiger partial charge in [0, 0.05) is 26.2 Å². The second-order valence-electron chi connectivity index (χ2n) is 5.60. The molecular formula is C13H25N3O. The first-order valence-electron chi connectivity index (χ1n) is 6.90. The summed E-state index contributed by atoms with van der Waals surface area (Å²) < 4.78 is 0. The van der Waals surface area contributed by atoms with Crippen LogP contribution in [-0.2, 0) is 0 Å². The molecule has 0 radical (unpaired) electrons. The molecule has 98 valence electrons. The van der Waals surface area contributed by atoms with Crippen molar-refractivity contribution in [1.29, 1.82) is 0 Å². The van der Waals surface area contributed by atoms with Crippen LogP contribution in [0.25, 0.3) is 0 Å². The van der Waals surface area contributed by atoms with Crippen LogP contribution in [0, 0.1) is 11.8 Å². The minimum absolute atomic E-state index is 0.0823. The normalized spacial score (nSPS) is 34.5. The van der Waals surface area contributed by atoms with Crippen LogP contribution in [0.1, 0.15) is 32.6 Å². The molecule has 0 aromatic rings. The molecule has 0 aliphatic carbocycles. The third-order valence-corrected chi connectivity index (χ3v) is 4.23. The fraction of sp³-hybridized carbons (Fsp3) is 0.923. The second kappa shape index (κ2) is 5.71. The molecule has 2 rings (SSSR count). The summed E-state index contributed by atoms with van der Waals surface area (Å²) in [5.41, 5.74) is 0. The molecule has 2 aliphatic rings. The van der Waals surface area contributed by atoms with Crippen molar-refractivity contribution in [2.24, 2.45) is 11.8 Å². The molecule has 4 nitrogen and oxygen atoms in total. The van der Waals surface area contributed by atoms with E-state index in [2.05, 4.69) is 17.6 Å². The van der Waals surface area contributed by atoms with E-state index in [9.17, 15) is 4.79 Å². The lowest BCUT2D eigenvalue weighted by atomic mass is 9.84. The van der Waals surface area contributed by atoms with Crippen molar-refractivity contribution in [3.63, 3.8) is 0 Å². The number of hydrogen-bond acceptors (Lipinski definition) is 2. The highest BCUT2D eigenvalue weighted by Gasteiger charge is 2.30. The first-order chi connectivity index (χ1) is 8.20. The molecule has 0 bridgehead atoms. The van der Waals surface area contributed by atoms with Gasteiger partial charge in [-0.2, -0.15) is 0 Å². The number of amides is 2. The summed E-state index contributed by atoms with van der Waals surface area (Å²) in [7, 11) is 1.71. The molecule has 2 saturated heterocycles. The van der Waals surface area contributed by atoms with E-state index in [1.807, 2.05) is 4.90 Å². The van der Waals surface area contributed by atoms with Gasteiger partial charge in [0.15, 0.2) is 0 Å². The number of hydrogen-bond donors (Lipinski definition) is 2. The van der Waals surface area contributed by atoms with Crippen LogP contribution in [0.4, 0.5) is 4.79 Å². The van der Waals surface area contributed by atoms with Crippen molar-refractivity contribution in [1.82, 2.24) is 15.5 Å². The van der Waals surface area contributed by atoms with Gasteiger partial charge in [0.1, 0.15) is 0 Å². The second-order valence-corrected chi connectivity index (χ2v) is 5.60. The number of piperidine rings is 2. The van der Waals surface area contributed by atoms with E-state index in [4.69, 9.17) is 0 Å². The van der Waals surface area contributed by atoms with Crippen LogP contribution in [0.5, 0.6) is 0 Å². The molecule has 2 aliphatic heterocycles. The van der Waals surface area contributed by atoms with Crippen LogP contribution in [0.15, 0.2) is 0 Å². The van der Waals surface area contributed by atoms with Crippen LogP contribution in [-0.4, -0.2) is 43.7 Å². The van der Waals surface area contributed by atoms with Gasteiger partial charge in [0.05, 0.1) is 0 Å². The van der Waals surface area contributed by atoms with Crippen molar-refractivity contribution >= 4 is 6.03 Å². The Labute approximate surface area is 104 Å². The quantitative estimate of drug-likeness (QED) is 0.727. The topological polar surface area (TPSA) is 44.4 Å². The fourth-order valence-corrected chi connectivity index (χ4v) is 3.10. The maximum Gasteiger partial charge on any atom is 0.317 e. The van der Waals surface area contributed by atoms with E-state index in [0.29, 0.717) is 12.0 Å². The number of urea groups is 1. The summed E-state index contributed by atoms with van der Waals surface area (Å²) in [5, 5.41) is 6.39. The number of rotatable bonds is 1. The van der Waals surface area contributed by atoms with Crippen LogP contribution < -0.4 is 10.6 Å². The number of nitrogens with zero attached hydrogens (tertiary/aromatic N) is 1. The number of carbonyl (C=O) groups excluding carboxylic acids is 1. The Balaban J connectivity index is 1.86. The summed E-state index contributed by atoms with van der Waals surface area (Å²) in [6, 6.07) is 0.706. The third kappa shape index (κ3) is 3.12. The van der Waals surface area contributed by atoms with E-state index in [1.165, 1.54) is 19.3 Å². The first kappa shape index (κ1) is 12.7. The van der Waals surface area contributed by atoms with Gasteiger partial charge in [-0.25, -0.2) is 4.79 Å². The average Bonchev–Trinajstić information content (AvgIpc) is 2.39. The van der Waals surface area contributed by atoms with Gasteiger partial charge >= 0.3 is 6.03 Å². The summed E-state index contributed by atoms with van der Waals surface area (Å²) in [5.74, 6) is 1.46. The van der Waals surface area contributed by atoms with Gasteiger partial charge in [-0.15, -0.1) is 0 Å². The summed E-state index contributed by atoms with van der Waals surface area (Å²) in [4.78, 5) is 13.6. The molecule has 0 saturated carbocycles. The van der Waals surface area contributed by atoms with Crippen molar-refractivity contribution in [2.45, 2.75) is 38.6 Å². The molecule has 3 atom stereocenters. The van der Waals surface area contributed by atoms with Crippen molar-refractivity contribution in [3.8, 4) is 0 Å². The van der Waals surface area contributed by atoms with Gasteiger partial charge in [-0.1, -0.05) is 6.92 Å². The Hall–Kier alpha value is -0.770. The van der Waals surface area contributed by atoms with Crippen LogP contribution in [0.2, 0.25) is 0 Å². The Morgan fingerprint density at radius 2 is 2.18 bits per heavy atom. The van der Waals surface area contributed by atoms with Gasteiger partial charge < -0.3 is 15.5 Å². The van der Waals surface area contributed by atoms with Crippen molar-refractivity contribution in [2.75, 3.05) is 26.7 Å². The zero-order valence-corrected chi connectivity index (χ0v) is 11.0. The molecule has 4 heteroatoms. The first-order valence-corrected chi connectivity index (χ1v) is 6.90. The van der Waals surface area contributed by atoms with E-state index in [-0.39, 0.29) is 6.03 Å². The van der Waals surface area contributed by atoms with Crippen LogP contribution >= 0.6 is 0 Å². The van der Waals surface area contributed by atoms with Crippen LogP contribution in [0.3, 0.4) is 0 Å². The molecule has 2 heterocycles. The summed E-state index contributed by atoms with van der Waals surface area (Å²) in [6.45, 7) is 5.28. The SMILES string of the molecule is CNC(=O)N1CCCC([C@H]2CC[C@H](C)CN2)C1. The van der Waals surface area contributed by atoms with E-state index < -0.39 is 0 Å². The molecule has 2 N–H and O–H groups in total. The lowest BCUT2D eigenvalue weighted by Crippen LogP contribution is -2.51. The van der Waals surface area contributed by atoms with E-state index in [0.717, 1.165) is 32.0 Å². The maximum absolute atomic E-state index is 11.6. The van der Waals surface area contributed by atoms with Gasteiger partial charge in [0.2, 0.25) is 0 Å². The Morgan fingerprint density at radius 1 is 1.35 bits per heavy atom. The molecule has 2 amide bonds. The fourth-order valence-electron chi connectivity index (χ4n) is 3.10. The Morgan fingerprint density at radius 3 is 2.82 bits per heavy atom. The number of carbonyl (C=O) groups is 1. The lowest BCUT2D eigenvalue weighted by Gasteiger charge is -2.39. The van der Waals surface area contributed by atoms with Gasteiger partial charge in [-0.05, 0) is 44.1 Å². The highest BCUT2D eigenvalue weighted by atomic mass is 16.2. The number of likely N-dealkylation sites (tertiary alicyclic amines) is 1. The molecule has 0 spiro atoms. The molecule has 2 fully saturated rings. The smallest absolute Gasteiger partial charge is 0.317 e. The Bertz CT molecular complexity index is 261. The maximum atomic E-state index is 11.6. The lowest BCUT2D eigenvalue weighted by molar-refractivity contribution is 0.137. The van der Waals surface area contributed by atoms with Gasteiger partial charge in [0.25, 0.3) is 0 Å². The van der Waals surface area contributed by atoms with Gasteiger partial charge in [-0.3, -0.25) is 0 Å². The summed E-state index contributed by atoms with van der Waals surface area (Å²) >= 11 is 0. The molecule has 0 aromatic heterocycles. The molecule has 1 unspecified atom stereocenters. The van der Waals surface area contributed by atoms with Crippen molar-refractivity contribution in [3.05, 3.63) is 0 Å².